The Hall–Kier alpha value is -4.77. The van der Waals surface area contributed by atoms with E-state index in [4.69, 9.17) is 4.98 Å². The molecule has 5 rings (SSSR count). The van der Waals surface area contributed by atoms with E-state index in [1.807, 2.05) is 31.2 Å². The van der Waals surface area contributed by atoms with Gasteiger partial charge in [0.25, 0.3) is 0 Å². The number of hydrogen-bond donors (Lipinski definition) is 5. The van der Waals surface area contributed by atoms with Gasteiger partial charge in [-0.2, -0.15) is 0 Å². The van der Waals surface area contributed by atoms with Crippen molar-refractivity contribution in [3.8, 4) is 11.3 Å². The van der Waals surface area contributed by atoms with E-state index < -0.39 is 11.4 Å². The van der Waals surface area contributed by atoms with Crippen molar-refractivity contribution in [3.63, 3.8) is 0 Å². The minimum atomic E-state index is -1.26. The summed E-state index contributed by atoms with van der Waals surface area (Å²) in [6, 6.07) is 13.9. The molecule has 1 aromatic carbocycles. The van der Waals surface area contributed by atoms with Crippen LogP contribution in [-0.4, -0.2) is 51.3 Å². The molecule has 1 aliphatic heterocycles. The maximum absolute atomic E-state index is 13.3. The zero-order valence-corrected chi connectivity index (χ0v) is 22.8. The standard InChI is InChI=1S/C30H33N7O4/c1-2-37-27-23(26(38)25(29(39)40)28(37)33-17-19-11-14-31-15-12-19)9-10-24(36-27)21-5-7-22(8-6-21)35-30(41)34-18-20-4-3-13-32-16-20/h3-10,13,16,19,31,33H,2,11-12,14-15,17-18H2,1H3,(H,39,40)(H2,34,35,41). The first-order chi connectivity index (χ1) is 19.9. The number of nitrogens with one attached hydrogen (secondary N) is 4. The number of urea groups is 1. The van der Waals surface area contributed by atoms with Gasteiger partial charge in [-0.1, -0.05) is 18.2 Å². The third-order valence-electron chi connectivity index (χ3n) is 7.27. The molecule has 11 heteroatoms. The number of carbonyl (C=O) groups is 2. The molecule has 0 unspecified atom stereocenters. The van der Waals surface area contributed by atoms with E-state index in [2.05, 4.69) is 26.3 Å². The van der Waals surface area contributed by atoms with Crippen molar-refractivity contribution in [1.29, 1.82) is 0 Å². The number of carboxylic acids is 1. The summed E-state index contributed by atoms with van der Waals surface area (Å²) < 4.78 is 1.77. The first-order valence-electron chi connectivity index (χ1n) is 13.7. The van der Waals surface area contributed by atoms with Crippen LogP contribution in [-0.2, 0) is 13.1 Å². The summed E-state index contributed by atoms with van der Waals surface area (Å²) in [5.41, 5.74) is 2.52. The fraction of sp³-hybridized carbons (Fsp3) is 0.300. The lowest BCUT2D eigenvalue weighted by molar-refractivity contribution is 0.0696. The number of aromatic carboxylic acids is 1. The molecule has 0 atom stereocenters. The van der Waals surface area contributed by atoms with Crippen LogP contribution in [0.25, 0.3) is 22.3 Å². The summed E-state index contributed by atoms with van der Waals surface area (Å²) in [4.78, 5) is 46.7. The second-order valence-electron chi connectivity index (χ2n) is 9.99. The molecule has 4 heterocycles. The first-order valence-corrected chi connectivity index (χ1v) is 13.7. The lowest BCUT2D eigenvalue weighted by Crippen LogP contribution is -2.32. The number of fused-ring (bicyclic) bond motifs is 1. The molecule has 1 fully saturated rings. The second-order valence-corrected chi connectivity index (χ2v) is 9.99. The van der Waals surface area contributed by atoms with Crippen LogP contribution >= 0.6 is 0 Å². The maximum Gasteiger partial charge on any atom is 0.343 e. The number of piperidine rings is 1. The Morgan fingerprint density at radius 1 is 1.10 bits per heavy atom. The van der Waals surface area contributed by atoms with Gasteiger partial charge in [0, 0.05) is 43.3 Å². The molecule has 3 aromatic heterocycles. The van der Waals surface area contributed by atoms with Crippen LogP contribution in [0.3, 0.4) is 0 Å². The predicted octanol–water partition coefficient (Wildman–Crippen LogP) is 3.91. The average molecular weight is 556 g/mol. The average Bonchev–Trinajstić information content (AvgIpc) is 3.00. The summed E-state index contributed by atoms with van der Waals surface area (Å²) in [7, 11) is 0. The monoisotopic (exact) mass is 555 g/mol. The van der Waals surface area contributed by atoms with Crippen LogP contribution in [0.5, 0.6) is 0 Å². The number of rotatable bonds is 9. The Bertz CT molecular complexity index is 1600. The Morgan fingerprint density at radius 2 is 1.88 bits per heavy atom. The fourth-order valence-corrected chi connectivity index (χ4v) is 5.08. The third-order valence-corrected chi connectivity index (χ3v) is 7.27. The molecular weight excluding hydrogens is 522 g/mol. The van der Waals surface area contributed by atoms with Crippen LogP contribution in [0.2, 0.25) is 0 Å². The van der Waals surface area contributed by atoms with Gasteiger partial charge in [-0.05, 0) is 74.7 Å². The number of amides is 2. The van der Waals surface area contributed by atoms with Crippen molar-refractivity contribution in [2.75, 3.05) is 30.3 Å². The van der Waals surface area contributed by atoms with Gasteiger partial charge in [-0.25, -0.2) is 14.6 Å². The lowest BCUT2D eigenvalue weighted by Gasteiger charge is -2.25. The van der Waals surface area contributed by atoms with E-state index in [0.717, 1.165) is 37.1 Å². The lowest BCUT2D eigenvalue weighted by atomic mass is 9.98. The van der Waals surface area contributed by atoms with E-state index in [1.165, 1.54) is 0 Å². The van der Waals surface area contributed by atoms with E-state index >= 15 is 0 Å². The van der Waals surface area contributed by atoms with Gasteiger partial charge in [0.2, 0.25) is 5.43 Å². The summed E-state index contributed by atoms with van der Waals surface area (Å²) >= 11 is 0. The highest BCUT2D eigenvalue weighted by Crippen LogP contribution is 2.26. The van der Waals surface area contributed by atoms with Gasteiger partial charge in [-0.15, -0.1) is 0 Å². The molecular formula is C30H33N7O4. The van der Waals surface area contributed by atoms with Gasteiger partial charge >= 0.3 is 12.0 Å². The quantitative estimate of drug-likeness (QED) is 0.209. The van der Waals surface area contributed by atoms with Crippen LogP contribution in [0, 0.1) is 5.92 Å². The Kier molecular flexibility index (Phi) is 8.54. The van der Waals surface area contributed by atoms with Crippen LogP contribution in [0.1, 0.15) is 35.7 Å². The van der Waals surface area contributed by atoms with Crippen LogP contribution in [0.4, 0.5) is 16.3 Å². The largest absolute Gasteiger partial charge is 0.477 e. The van der Waals surface area contributed by atoms with Crippen molar-refractivity contribution in [3.05, 3.63) is 82.3 Å². The molecule has 0 bridgehead atoms. The van der Waals surface area contributed by atoms with Gasteiger partial charge in [-0.3, -0.25) is 9.78 Å². The van der Waals surface area contributed by atoms with Crippen molar-refractivity contribution in [2.45, 2.75) is 32.9 Å². The number of aromatic nitrogens is 3. The summed E-state index contributed by atoms with van der Waals surface area (Å²) in [5, 5.41) is 22.4. The van der Waals surface area contributed by atoms with E-state index in [1.54, 1.807) is 41.2 Å². The molecule has 5 N–H and O–H groups in total. The van der Waals surface area contributed by atoms with Gasteiger partial charge in [0.15, 0.2) is 0 Å². The smallest absolute Gasteiger partial charge is 0.343 e. The van der Waals surface area contributed by atoms with Gasteiger partial charge < -0.3 is 30.9 Å². The second kappa shape index (κ2) is 12.6. The predicted molar refractivity (Wildman–Crippen MR) is 158 cm³/mol. The highest BCUT2D eigenvalue weighted by atomic mass is 16.4. The fourth-order valence-electron chi connectivity index (χ4n) is 5.08. The van der Waals surface area contributed by atoms with Gasteiger partial charge in [0.05, 0.1) is 11.1 Å². The normalized spacial score (nSPS) is 13.6. The molecule has 1 aliphatic rings. The summed E-state index contributed by atoms with van der Waals surface area (Å²) in [6.45, 7) is 5.11. The van der Waals surface area contributed by atoms with Gasteiger partial charge in [0.1, 0.15) is 17.0 Å². The minimum absolute atomic E-state index is 0.254. The van der Waals surface area contributed by atoms with Crippen molar-refractivity contribution in [1.82, 2.24) is 25.2 Å². The Balaban J connectivity index is 1.39. The number of carbonyl (C=O) groups excluding carboxylic acids is 1. The van der Waals surface area contributed by atoms with Crippen molar-refractivity contribution < 1.29 is 14.7 Å². The number of nitrogens with zero attached hydrogens (tertiary/aromatic N) is 3. The van der Waals surface area contributed by atoms with E-state index in [0.29, 0.717) is 42.6 Å². The number of pyridine rings is 3. The molecule has 2 amide bonds. The molecule has 1 saturated heterocycles. The highest BCUT2D eigenvalue weighted by Gasteiger charge is 2.24. The third kappa shape index (κ3) is 6.36. The van der Waals surface area contributed by atoms with E-state index in [-0.39, 0.29) is 22.8 Å². The minimum Gasteiger partial charge on any atom is -0.477 e. The van der Waals surface area contributed by atoms with Crippen molar-refractivity contribution in [2.24, 2.45) is 5.92 Å². The topological polar surface area (TPSA) is 150 Å². The summed E-state index contributed by atoms with van der Waals surface area (Å²) in [6.07, 6.45) is 5.34. The molecule has 11 nitrogen and oxygen atoms in total. The zero-order valence-electron chi connectivity index (χ0n) is 22.8. The number of aryl methyl sites for hydroxylation is 1. The maximum atomic E-state index is 13.3. The first kappa shape index (κ1) is 27.8. The van der Waals surface area contributed by atoms with Crippen LogP contribution in [0.15, 0.2) is 65.7 Å². The molecule has 0 radical (unpaired) electrons. The molecule has 212 valence electrons. The van der Waals surface area contributed by atoms with Crippen LogP contribution < -0.4 is 26.7 Å². The molecule has 4 aromatic rings. The number of carboxylic acid groups (broad SMARTS) is 1. The number of benzene rings is 1. The molecule has 0 spiro atoms. The molecule has 0 saturated carbocycles. The number of anilines is 2. The zero-order chi connectivity index (χ0) is 28.8. The van der Waals surface area contributed by atoms with Crippen molar-refractivity contribution >= 4 is 34.5 Å². The highest BCUT2D eigenvalue weighted by molar-refractivity contribution is 5.98. The SMILES string of the molecule is CCn1c(NCC2CCNCC2)c(C(=O)O)c(=O)c2ccc(-c3ccc(NC(=O)NCc4cccnc4)cc3)nc21. The van der Waals surface area contributed by atoms with E-state index in [9.17, 15) is 19.5 Å². The summed E-state index contributed by atoms with van der Waals surface area (Å²) in [5.74, 6) is -0.584. The number of hydrogen-bond acceptors (Lipinski definition) is 7. The Morgan fingerprint density at radius 3 is 2.56 bits per heavy atom. The Labute approximate surface area is 237 Å². The molecule has 41 heavy (non-hydrogen) atoms. The molecule has 0 aliphatic carbocycles.